The number of nitrogens with zero attached hydrogens (tertiary/aromatic N) is 1. The van der Waals surface area contributed by atoms with Gasteiger partial charge in [0, 0.05) is 13.3 Å². The van der Waals surface area contributed by atoms with Crippen LogP contribution in [0.3, 0.4) is 0 Å². The summed E-state index contributed by atoms with van der Waals surface area (Å²) < 4.78 is 0. The van der Waals surface area contributed by atoms with Crippen molar-refractivity contribution in [1.82, 2.24) is 15.3 Å². The van der Waals surface area contributed by atoms with Gasteiger partial charge in [0.2, 0.25) is 5.91 Å². The Morgan fingerprint density at radius 1 is 1.44 bits per heavy atom. The van der Waals surface area contributed by atoms with Gasteiger partial charge >= 0.3 is 5.97 Å². The van der Waals surface area contributed by atoms with E-state index in [0.717, 1.165) is 11.0 Å². The molecule has 0 aliphatic carbocycles. The Labute approximate surface area is 103 Å². The lowest BCUT2D eigenvalue weighted by Gasteiger charge is -2.11. The fourth-order valence-electron chi connectivity index (χ4n) is 1.74. The van der Waals surface area contributed by atoms with Gasteiger partial charge in [0.1, 0.15) is 11.9 Å². The van der Waals surface area contributed by atoms with E-state index < -0.39 is 12.0 Å². The second kappa shape index (κ2) is 4.87. The Balaban J connectivity index is 2.20. The largest absolute Gasteiger partial charge is 0.480 e. The molecule has 0 fully saturated rings. The maximum atomic E-state index is 11.0. The summed E-state index contributed by atoms with van der Waals surface area (Å²) in [7, 11) is 0. The highest BCUT2D eigenvalue weighted by Crippen LogP contribution is 2.11. The van der Waals surface area contributed by atoms with E-state index in [2.05, 4.69) is 15.3 Å². The van der Waals surface area contributed by atoms with E-state index in [1.807, 2.05) is 24.3 Å². The highest BCUT2D eigenvalue weighted by molar-refractivity contribution is 5.82. The van der Waals surface area contributed by atoms with Crippen LogP contribution in [0.4, 0.5) is 0 Å². The number of hydrogen-bond donors (Lipinski definition) is 3. The summed E-state index contributed by atoms with van der Waals surface area (Å²) >= 11 is 0. The van der Waals surface area contributed by atoms with Gasteiger partial charge in [-0.3, -0.25) is 4.79 Å². The SMILES string of the molecule is CC(=O)NC(Cc1nc2ccccc2[nH]1)C(=O)O. The number of fused-ring (bicyclic) bond motifs is 1. The van der Waals surface area contributed by atoms with Crippen molar-refractivity contribution in [3.8, 4) is 0 Å². The van der Waals surface area contributed by atoms with E-state index in [0.29, 0.717) is 5.82 Å². The molecule has 1 atom stereocenters. The maximum Gasteiger partial charge on any atom is 0.326 e. The van der Waals surface area contributed by atoms with Crippen molar-refractivity contribution < 1.29 is 14.7 Å². The standard InChI is InChI=1S/C12H13N3O3/c1-7(16)13-10(12(17)18)6-11-14-8-4-2-3-5-9(8)15-11/h2-5,10H,6H2,1H3,(H,13,16)(H,14,15)(H,17,18). The zero-order valence-electron chi connectivity index (χ0n) is 9.80. The van der Waals surface area contributed by atoms with Crippen molar-refractivity contribution in [2.24, 2.45) is 0 Å². The van der Waals surface area contributed by atoms with Crippen LogP contribution in [0, 0.1) is 0 Å². The second-order valence-electron chi connectivity index (χ2n) is 4.00. The Morgan fingerprint density at radius 2 is 2.17 bits per heavy atom. The first-order valence-corrected chi connectivity index (χ1v) is 5.50. The van der Waals surface area contributed by atoms with Gasteiger partial charge in [0.15, 0.2) is 0 Å². The Bertz CT molecular complexity index is 558. The van der Waals surface area contributed by atoms with E-state index in [1.54, 1.807) is 0 Å². The normalized spacial score (nSPS) is 12.3. The fourth-order valence-corrected chi connectivity index (χ4v) is 1.74. The molecular formula is C12H13N3O3. The average molecular weight is 247 g/mol. The van der Waals surface area contributed by atoms with Gasteiger partial charge < -0.3 is 15.4 Å². The number of carboxylic acids is 1. The molecule has 1 aromatic carbocycles. The summed E-state index contributed by atoms with van der Waals surface area (Å²) in [6.45, 7) is 1.29. The molecule has 1 amide bonds. The van der Waals surface area contributed by atoms with Crippen LogP contribution in [0.25, 0.3) is 11.0 Å². The number of carbonyl (C=O) groups excluding carboxylic acids is 1. The van der Waals surface area contributed by atoms with Gasteiger partial charge in [-0.15, -0.1) is 0 Å². The third-order valence-corrected chi connectivity index (χ3v) is 2.51. The molecule has 6 nitrogen and oxygen atoms in total. The van der Waals surface area contributed by atoms with Gasteiger partial charge in [-0.25, -0.2) is 9.78 Å². The summed E-state index contributed by atoms with van der Waals surface area (Å²) in [6.07, 6.45) is 0.129. The molecule has 0 aliphatic heterocycles. The number of rotatable bonds is 4. The van der Waals surface area contributed by atoms with E-state index in [4.69, 9.17) is 5.11 Å². The summed E-state index contributed by atoms with van der Waals surface area (Å²) in [6, 6.07) is 6.45. The zero-order valence-corrected chi connectivity index (χ0v) is 9.80. The molecule has 94 valence electrons. The first kappa shape index (κ1) is 12.1. The highest BCUT2D eigenvalue weighted by atomic mass is 16.4. The number of carboxylic acid groups (broad SMARTS) is 1. The molecule has 0 saturated carbocycles. The second-order valence-corrected chi connectivity index (χ2v) is 4.00. The minimum absolute atomic E-state index is 0.129. The van der Waals surface area contributed by atoms with Crippen LogP contribution in [-0.2, 0) is 16.0 Å². The zero-order chi connectivity index (χ0) is 13.1. The molecule has 2 rings (SSSR count). The number of benzene rings is 1. The molecule has 1 aromatic heterocycles. The third-order valence-electron chi connectivity index (χ3n) is 2.51. The Kier molecular flexibility index (Phi) is 3.27. The smallest absolute Gasteiger partial charge is 0.326 e. The number of H-pyrrole nitrogens is 1. The van der Waals surface area contributed by atoms with Crippen LogP contribution in [0.1, 0.15) is 12.7 Å². The first-order chi connectivity index (χ1) is 8.56. The highest BCUT2D eigenvalue weighted by Gasteiger charge is 2.20. The number of nitrogens with one attached hydrogen (secondary N) is 2. The molecule has 3 N–H and O–H groups in total. The Morgan fingerprint density at radius 3 is 2.78 bits per heavy atom. The number of para-hydroxylation sites is 2. The number of aromatic nitrogens is 2. The molecule has 0 bridgehead atoms. The van der Waals surface area contributed by atoms with E-state index in [9.17, 15) is 9.59 Å². The van der Waals surface area contributed by atoms with Gasteiger partial charge in [-0.05, 0) is 12.1 Å². The lowest BCUT2D eigenvalue weighted by Crippen LogP contribution is -2.41. The molecule has 1 heterocycles. The van der Waals surface area contributed by atoms with Crippen molar-refractivity contribution >= 4 is 22.9 Å². The summed E-state index contributed by atoms with van der Waals surface area (Å²) in [4.78, 5) is 29.2. The minimum Gasteiger partial charge on any atom is -0.480 e. The van der Waals surface area contributed by atoms with Crippen LogP contribution in [-0.4, -0.2) is 33.0 Å². The number of amides is 1. The van der Waals surface area contributed by atoms with Gasteiger partial charge in [-0.1, -0.05) is 12.1 Å². The van der Waals surface area contributed by atoms with Gasteiger partial charge in [0.25, 0.3) is 0 Å². The van der Waals surface area contributed by atoms with Crippen LogP contribution in [0.2, 0.25) is 0 Å². The number of carbonyl (C=O) groups is 2. The lowest BCUT2D eigenvalue weighted by molar-refractivity contribution is -0.141. The monoisotopic (exact) mass is 247 g/mol. The fraction of sp³-hybridized carbons (Fsp3) is 0.250. The van der Waals surface area contributed by atoms with Crippen LogP contribution in [0.5, 0.6) is 0 Å². The van der Waals surface area contributed by atoms with Crippen LogP contribution < -0.4 is 5.32 Å². The summed E-state index contributed by atoms with van der Waals surface area (Å²) in [5, 5.41) is 11.4. The van der Waals surface area contributed by atoms with E-state index >= 15 is 0 Å². The van der Waals surface area contributed by atoms with Crippen LogP contribution >= 0.6 is 0 Å². The summed E-state index contributed by atoms with van der Waals surface area (Å²) in [5.74, 6) is -0.915. The molecule has 18 heavy (non-hydrogen) atoms. The third kappa shape index (κ3) is 2.65. The number of hydrogen-bond acceptors (Lipinski definition) is 3. The average Bonchev–Trinajstić information content (AvgIpc) is 2.69. The molecule has 2 aromatic rings. The Hall–Kier alpha value is -2.37. The van der Waals surface area contributed by atoms with Crippen molar-refractivity contribution in [2.45, 2.75) is 19.4 Å². The first-order valence-electron chi connectivity index (χ1n) is 5.50. The quantitative estimate of drug-likeness (QED) is 0.741. The predicted molar refractivity (Wildman–Crippen MR) is 65.0 cm³/mol. The molecule has 0 spiro atoms. The van der Waals surface area contributed by atoms with Crippen molar-refractivity contribution in [3.05, 3.63) is 30.1 Å². The minimum atomic E-state index is -1.08. The number of aromatic amines is 1. The molecule has 0 aliphatic rings. The number of aliphatic carboxylic acids is 1. The molecular weight excluding hydrogens is 234 g/mol. The van der Waals surface area contributed by atoms with Gasteiger partial charge in [0.05, 0.1) is 11.0 Å². The topological polar surface area (TPSA) is 95.1 Å². The van der Waals surface area contributed by atoms with Crippen LogP contribution in [0.15, 0.2) is 24.3 Å². The van der Waals surface area contributed by atoms with E-state index in [1.165, 1.54) is 6.92 Å². The lowest BCUT2D eigenvalue weighted by atomic mass is 10.2. The molecule has 0 saturated heterocycles. The molecule has 1 unspecified atom stereocenters. The van der Waals surface area contributed by atoms with Crippen molar-refractivity contribution in [2.75, 3.05) is 0 Å². The van der Waals surface area contributed by atoms with Crippen molar-refractivity contribution in [3.63, 3.8) is 0 Å². The predicted octanol–water partition coefficient (Wildman–Crippen LogP) is 0.695. The molecule has 0 radical (unpaired) electrons. The molecule has 6 heteroatoms. The van der Waals surface area contributed by atoms with Crippen molar-refractivity contribution in [1.29, 1.82) is 0 Å². The maximum absolute atomic E-state index is 11.0. The van der Waals surface area contributed by atoms with Gasteiger partial charge in [-0.2, -0.15) is 0 Å². The summed E-state index contributed by atoms with van der Waals surface area (Å²) in [5.41, 5.74) is 1.62. The van der Waals surface area contributed by atoms with E-state index in [-0.39, 0.29) is 12.3 Å². The number of imidazole rings is 1.